The number of carbonyl (C=O) groups is 2. The molecule has 2 aromatic rings. The molecule has 0 saturated carbocycles. The first-order chi connectivity index (χ1) is 9.63. The van der Waals surface area contributed by atoms with Crippen molar-refractivity contribution in [2.75, 3.05) is 19.5 Å². The zero-order valence-corrected chi connectivity index (χ0v) is 11.8. The van der Waals surface area contributed by atoms with Crippen LogP contribution in [0.3, 0.4) is 0 Å². The molecule has 1 N–H and O–H groups in total. The minimum atomic E-state index is -0.411. The van der Waals surface area contributed by atoms with E-state index in [4.69, 9.17) is 4.74 Å². The number of rotatable bonds is 4. The molecular formula is C14H13NO4S. The van der Waals surface area contributed by atoms with Crippen molar-refractivity contribution in [2.45, 2.75) is 0 Å². The molecule has 0 atom stereocenters. The van der Waals surface area contributed by atoms with Gasteiger partial charge in [-0.15, -0.1) is 11.3 Å². The third-order valence-corrected chi connectivity index (χ3v) is 3.51. The van der Waals surface area contributed by atoms with E-state index in [1.807, 2.05) is 0 Å². The van der Waals surface area contributed by atoms with Gasteiger partial charge in [0.25, 0.3) is 5.91 Å². The fourth-order valence-electron chi connectivity index (χ4n) is 1.55. The molecule has 0 fully saturated rings. The molecule has 0 aliphatic rings. The lowest BCUT2D eigenvalue weighted by Gasteiger charge is -2.04. The summed E-state index contributed by atoms with van der Waals surface area (Å²) in [5, 5.41) is 4.50. The van der Waals surface area contributed by atoms with Crippen LogP contribution in [0.2, 0.25) is 0 Å². The molecular weight excluding hydrogens is 278 g/mol. The lowest BCUT2D eigenvalue weighted by atomic mass is 10.2. The Kier molecular flexibility index (Phi) is 4.37. The minimum Gasteiger partial charge on any atom is -0.496 e. The average molecular weight is 291 g/mol. The SMILES string of the molecule is COC(=O)c1ccc(NC(=O)c2cc(OC)cs2)cc1. The molecule has 0 radical (unpaired) electrons. The molecule has 2 rings (SSSR count). The lowest BCUT2D eigenvalue weighted by Crippen LogP contribution is -2.10. The Morgan fingerprint density at radius 1 is 1.15 bits per heavy atom. The topological polar surface area (TPSA) is 64.6 Å². The molecule has 1 aromatic heterocycles. The van der Waals surface area contributed by atoms with E-state index < -0.39 is 5.97 Å². The summed E-state index contributed by atoms with van der Waals surface area (Å²) in [6.45, 7) is 0. The highest BCUT2D eigenvalue weighted by molar-refractivity contribution is 7.12. The van der Waals surface area contributed by atoms with Gasteiger partial charge in [0, 0.05) is 17.1 Å². The number of methoxy groups -OCH3 is 2. The van der Waals surface area contributed by atoms with Crippen molar-refractivity contribution < 1.29 is 19.1 Å². The second-order valence-electron chi connectivity index (χ2n) is 3.87. The smallest absolute Gasteiger partial charge is 0.337 e. The quantitative estimate of drug-likeness (QED) is 0.880. The van der Waals surface area contributed by atoms with Gasteiger partial charge in [0.1, 0.15) is 5.75 Å². The number of ether oxygens (including phenoxy) is 2. The fourth-order valence-corrected chi connectivity index (χ4v) is 2.29. The molecule has 1 amide bonds. The highest BCUT2D eigenvalue weighted by Crippen LogP contribution is 2.22. The average Bonchev–Trinajstić information content (AvgIpc) is 2.96. The molecule has 0 spiro atoms. The highest BCUT2D eigenvalue weighted by Gasteiger charge is 2.10. The Bertz CT molecular complexity index is 618. The molecule has 104 valence electrons. The summed E-state index contributed by atoms with van der Waals surface area (Å²) in [6, 6.07) is 8.15. The third-order valence-electron chi connectivity index (χ3n) is 2.60. The van der Waals surface area contributed by atoms with E-state index in [-0.39, 0.29) is 5.91 Å². The van der Waals surface area contributed by atoms with Crippen molar-refractivity contribution in [1.82, 2.24) is 0 Å². The van der Waals surface area contributed by atoms with Gasteiger partial charge >= 0.3 is 5.97 Å². The van der Waals surface area contributed by atoms with Crippen LogP contribution in [0, 0.1) is 0 Å². The summed E-state index contributed by atoms with van der Waals surface area (Å²) < 4.78 is 9.63. The normalized spacial score (nSPS) is 9.90. The minimum absolute atomic E-state index is 0.218. The van der Waals surface area contributed by atoms with Gasteiger partial charge in [-0.25, -0.2) is 4.79 Å². The van der Waals surface area contributed by atoms with E-state index in [9.17, 15) is 9.59 Å². The molecule has 0 bridgehead atoms. The molecule has 0 aliphatic heterocycles. The first-order valence-electron chi connectivity index (χ1n) is 5.76. The number of carbonyl (C=O) groups excluding carboxylic acids is 2. The van der Waals surface area contributed by atoms with Gasteiger partial charge in [-0.1, -0.05) is 0 Å². The van der Waals surface area contributed by atoms with Crippen LogP contribution in [-0.2, 0) is 4.74 Å². The summed E-state index contributed by atoms with van der Waals surface area (Å²) in [7, 11) is 2.87. The number of nitrogens with one attached hydrogen (secondary N) is 1. The number of hydrogen-bond acceptors (Lipinski definition) is 5. The molecule has 1 aromatic carbocycles. The van der Waals surface area contributed by atoms with Gasteiger partial charge in [0.05, 0.1) is 24.7 Å². The monoisotopic (exact) mass is 291 g/mol. The van der Waals surface area contributed by atoms with Crippen LogP contribution in [0.1, 0.15) is 20.0 Å². The Balaban J connectivity index is 2.06. The molecule has 6 heteroatoms. The number of hydrogen-bond donors (Lipinski definition) is 1. The zero-order valence-electron chi connectivity index (χ0n) is 11.0. The van der Waals surface area contributed by atoms with Crippen LogP contribution in [-0.4, -0.2) is 26.1 Å². The molecule has 1 heterocycles. The standard InChI is InChI=1S/C14H13NO4S/c1-18-11-7-12(20-8-11)13(16)15-10-5-3-9(4-6-10)14(17)19-2/h3-8H,1-2H3,(H,15,16). The van der Waals surface area contributed by atoms with Crippen LogP contribution in [0.4, 0.5) is 5.69 Å². The lowest BCUT2D eigenvalue weighted by molar-refractivity contribution is 0.0600. The Hall–Kier alpha value is -2.34. The predicted molar refractivity (Wildman–Crippen MR) is 76.6 cm³/mol. The molecule has 5 nitrogen and oxygen atoms in total. The Morgan fingerprint density at radius 2 is 1.85 bits per heavy atom. The van der Waals surface area contributed by atoms with Crippen LogP contribution >= 0.6 is 11.3 Å². The molecule has 0 unspecified atom stereocenters. The third kappa shape index (κ3) is 3.16. The zero-order chi connectivity index (χ0) is 14.5. The van der Waals surface area contributed by atoms with Gasteiger partial charge in [-0.05, 0) is 24.3 Å². The molecule has 0 saturated heterocycles. The second-order valence-corrected chi connectivity index (χ2v) is 4.79. The summed E-state index contributed by atoms with van der Waals surface area (Å²) in [4.78, 5) is 23.8. The van der Waals surface area contributed by atoms with Crippen LogP contribution in [0.25, 0.3) is 0 Å². The predicted octanol–water partition coefficient (Wildman–Crippen LogP) is 2.80. The van der Waals surface area contributed by atoms with Crippen molar-refractivity contribution in [1.29, 1.82) is 0 Å². The van der Waals surface area contributed by atoms with Crippen molar-refractivity contribution >= 4 is 28.9 Å². The second kappa shape index (κ2) is 6.21. The van der Waals surface area contributed by atoms with E-state index in [2.05, 4.69) is 10.1 Å². The van der Waals surface area contributed by atoms with E-state index >= 15 is 0 Å². The first kappa shape index (κ1) is 14.1. The summed E-state index contributed by atoms with van der Waals surface area (Å²) in [5.74, 6) is 0.0242. The first-order valence-corrected chi connectivity index (χ1v) is 6.64. The van der Waals surface area contributed by atoms with Crippen LogP contribution in [0.15, 0.2) is 35.7 Å². The van der Waals surface area contributed by atoms with Crippen LogP contribution in [0.5, 0.6) is 5.75 Å². The number of esters is 1. The maximum Gasteiger partial charge on any atom is 0.337 e. The van der Waals surface area contributed by atoms with Crippen molar-refractivity contribution in [3.63, 3.8) is 0 Å². The number of benzene rings is 1. The molecule has 20 heavy (non-hydrogen) atoms. The van der Waals surface area contributed by atoms with Gasteiger partial charge in [0.15, 0.2) is 0 Å². The molecule has 0 aliphatic carbocycles. The van der Waals surface area contributed by atoms with E-state index in [1.165, 1.54) is 18.4 Å². The van der Waals surface area contributed by atoms with E-state index in [1.54, 1.807) is 42.8 Å². The van der Waals surface area contributed by atoms with Gasteiger partial charge in [0.2, 0.25) is 0 Å². The summed E-state index contributed by atoms with van der Waals surface area (Å²) in [5.41, 5.74) is 1.04. The Labute approximate surface area is 120 Å². The van der Waals surface area contributed by atoms with Crippen molar-refractivity contribution in [3.8, 4) is 5.75 Å². The Morgan fingerprint density at radius 3 is 2.40 bits per heavy atom. The maximum absolute atomic E-state index is 12.0. The maximum atomic E-state index is 12.0. The van der Waals surface area contributed by atoms with Crippen molar-refractivity contribution in [3.05, 3.63) is 46.2 Å². The largest absolute Gasteiger partial charge is 0.496 e. The number of anilines is 1. The summed E-state index contributed by atoms with van der Waals surface area (Å²) in [6.07, 6.45) is 0. The van der Waals surface area contributed by atoms with Crippen LogP contribution < -0.4 is 10.1 Å². The van der Waals surface area contributed by atoms with Gasteiger partial charge < -0.3 is 14.8 Å². The van der Waals surface area contributed by atoms with Gasteiger partial charge in [-0.3, -0.25) is 4.79 Å². The van der Waals surface area contributed by atoms with Crippen molar-refractivity contribution in [2.24, 2.45) is 0 Å². The van der Waals surface area contributed by atoms with E-state index in [0.717, 1.165) is 0 Å². The number of thiophene rings is 1. The summed E-state index contributed by atoms with van der Waals surface area (Å²) >= 11 is 1.30. The number of amides is 1. The van der Waals surface area contributed by atoms with Gasteiger partial charge in [-0.2, -0.15) is 0 Å². The van der Waals surface area contributed by atoms with E-state index in [0.29, 0.717) is 21.9 Å². The highest BCUT2D eigenvalue weighted by atomic mass is 32.1. The fraction of sp³-hybridized carbons (Fsp3) is 0.143.